The van der Waals surface area contributed by atoms with Crippen molar-refractivity contribution in [3.63, 3.8) is 0 Å². The molecule has 1 aromatic carbocycles. The summed E-state index contributed by atoms with van der Waals surface area (Å²) in [4.78, 5) is 11.5. The summed E-state index contributed by atoms with van der Waals surface area (Å²) in [5.41, 5.74) is 0.340. The average molecular weight is 348 g/mol. The van der Waals surface area contributed by atoms with Gasteiger partial charge in [0.05, 0.1) is 8.71 Å². The molecular weight excluding hydrogens is 340 g/mol. The van der Waals surface area contributed by atoms with Crippen molar-refractivity contribution in [1.29, 1.82) is 0 Å². The lowest BCUT2D eigenvalue weighted by Gasteiger charge is -2.06. The smallest absolute Gasteiger partial charge is 0.310 e. The quantitative estimate of drug-likeness (QED) is 0.645. The molecule has 0 unspecified atom stereocenters. The zero-order valence-electron chi connectivity index (χ0n) is 9.02. The van der Waals surface area contributed by atoms with Crippen molar-refractivity contribution in [3.05, 3.63) is 54.1 Å². The van der Waals surface area contributed by atoms with Gasteiger partial charge in [0, 0.05) is 11.4 Å². The molecule has 0 fully saturated rings. The fourth-order valence-corrected chi connectivity index (χ4v) is 3.14. The van der Waals surface area contributed by atoms with E-state index in [4.69, 9.17) is 11.6 Å². The lowest BCUT2D eigenvalue weighted by atomic mass is 10.2. The largest absolute Gasteiger partial charge is 0.375 e. The second-order valence-corrected chi connectivity index (χ2v) is 6.41. The standard InChI is InChI=1S/C11H8BrClN2O2S/c12-10-5-4-7(18-10)6-14-9-3-1-2-8(13)11(9)15(16)17/h1-5,14H,6H2. The van der Waals surface area contributed by atoms with E-state index in [1.807, 2.05) is 12.1 Å². The van der Waals surface area contributed by atoms with Gasteiger partial charge in [-0.1, -0.05) is 17.7 Å². The summed E-state index contributed by atoms with van der Waals surface area (Å²) in [7, 11) is 0. The second-order valence-electron chi connectivity index (χ2n) is 3.45. The van der Waals surface area contributed by atoms with Crippen LogP contribution < -0.4 is 5.32 Å². The first-order valence-corrected chi connectivity index (χ1v) is 6.97. The molecule has 7 heteroatoms. The predicted molar refractivity (Wildman–Crippen MR) is 77.5 cm³/mol. The Labute approximate surface area is 121 Å². The third kappa shape index (κ3) is 3.01. The molecule has 0 aliphatic heterocycles. The molecule has 2 rings (SSSR count). The number of nitrogens with zero attached hydrogens (tertiary/aromatic N) is 1. The van der Waals surface area contributed by atoms with E-state index in [-0.39, 0.29) is 10.7 Å². The van der Waals surface area contributed by atoms with Gasteiger partial charge in [0.25, 0.3) is 0 Å². The van der Waals surface area contributed by atoms with E-state index in [2.05, 4.69) is 21.2 Å². The molecule has 0 amide bonds. The summed E-state index contributed by atoms with van der Waals surface area (Å²) < 4.78 is 1.03. The highest BCUT2D eigenvalue weighted by molar-refractivity contribution is 9.11. The number of halogens is 2. The molecule has 0 radical (unpaired) electrons. The first kappa shape index (κ1) is 13.3. The van der Waals surface area contributed by atoms with Crippen LogP contribution in [0.15, 0.2) is 34.1 Å². The average Bonchev–Trinajstić information content (AvgIpc) is 2.72. The van der Waals surface area contributed by atoms with Crippen LogP contribution in [0.4, 0.5) is 11.4 Å². The van der Waals surface area contributed by atoms with E-state index in [1.165, 1.54) is 6.07 Å². The minimum absolute atomic E-state index is 0.0882. The number of hydrogen-bond donors (Lipinski definition) is 1. The van der Waals surface area contributed by atoms with Gasteiger partial charge in [-0.3, -0.25) is 10.1 Å². The Balaban J connectivity index is 2.19. The molecule has 1 heterocycles. The summed E-state index contributed by atoms with van der Waals surface area (Å²) in [5.74, 6) is 0. The maximum Gasteiger partial charge on any atom is 0.310 e. The predicted octanol–water partition coefficient (Wildman–Crippen LogP) is 4.68. The number of nitro groups is 1. The summed E-state index contributed by atoms with van der Waals surface area (Å²) in [5, 5.41) is 14.1. The van der Waals surface area contributed by atoms with Gasteiger partial charge in [-0.15, -0.1) is 11.3 Å². The SMILES string of the molecule is O=[N+]([O-])c1c(Cl)cccc1NCc1ccc(Br)s1. The van der Waals surface area contributed by atoms with Crippen molar-refractivity contribution in [3.8, 4) is 0 Å². The van der Waals surface area contributed by atoms with Gasteiger partial charge in [-0.2, -0.15) is 0 Å². The van der Waals surface area contributed by atoms with Crippen LogP contribution in [0.3, 0.4) is 0 Å². The minimum Gasteiger partial charge on any atom is -0.375 e. The van der Waals surface area contributed by atoms with Crippen LogP contribution in [-0.4, -0.2) is 4.92 Å². The van der Waals surface area contributed by atoms with Crippen LogP contribution >= 0.6 is 38.9 Å². The van der Waals surface area contributed by atoms with Crippen LogP contribution in [0.1, 0.15) is 4.88 Å². The molecule has 1 aromatic heterocycles. The van der Waals surface area contributed by atoms with E-state index >= 15 is 0 Å². The number of thiophene rings is 1. The third-order valence-electron chi connectivity index (χ3n) is 2.25. The molecule has 0 atom stereocenters. The van der Waals surface area contributed by atoms with E-state index in [0.29, 0.717) is 12.2 Å². The third-order valence-corrected chi connectivity index (χ3v) is 4.18. The van der Waals surface area contributed by atoms with Crippen LogP contribution in [0.5, 0.6) is 0 Å². The first-order valence-electron chi connectivity index (χ1n) is 4.99. The molecule has 0 saturated heterocycles. The lowest BCUT2D eigenvalue weighted by Crippen LogP contribution is -2.01. The summed E-state index contributed by atoms with van der Waals surface area (Å²) in [6.45, 7) is 0.525. The van der Waals surface area contributed by atoms with Gasteiger partial charge in [-0.05, 0) is 40.2 Å². The van der Waals surface area contributed by atoms with E-state index in [9.17, 15) is 10.1 Å². The molecule has 0 saturated carbocycles. The highest BCUT2D eigenvalue weighted by atomic mass is 79.9. The number of rotatable bonds is 4. The van der Waals surface area contributed by atoms with Gasteiger partial charge < -0.3 is 5.32 Å². The number of anilines is 1. The van der Waals surface area contributed by atoms with Crippen molar-refractivity contribution in [2.45, 2.75) is 6.54 Å². The Morgan fingerprint density at radius 3 is 2.78 bits per heavy atom. The monoisotopic (exact) mass is 346 g/mol. The highest BCUT2D eigenvalue weighted by Gasteiger charge is 2.17. The van der Waals surface area contributed by atoms with Crippen molar-refractivity contribution in [2.75, 3.05) is 5.32 Å². The molecular formula is C11H8BrClN2O2S. The molecule has 0 aliphatic carbocycles. The molecule has 94 valence electrons. The van der Waals surface area contributed by atoms with E-state index in [1.54, 1.807) is 23.5 Å². The van der Waals surface area contributed by atoms with Crippen molar-refractivity contribution in [1.82, 2.24) is 0 Å². The van der Waals surface area contributed by atoms with Crippen molar-refractivity contribution in [2.24, 2.45) is 0 Å². The first-order chi connectivity index (χ1) is 8.58. The molecule has 0 bridgehead atoms. The van der Waals surface area contributed by atoms with Crippen LogP contribution in [-0.2, 0) is 6.54 Å². The van der Waals surface area contributed by atoms with Gasteiger partial charge in [0.1, 0.15) is 10.7 Å². The summed E-state index contributed by atoms with van der Waals surface area (Å²) >= 11 is 10.8. The lowest BCUT2D eigenvalue weighted by molar-refractivity contribution is -0.383. The Hall–Kier alpha value is -1.11. The normalized spacial score (nSPS) is 10.3. The maximum atomic E-state index is 10.9. The molecule has 1 N–H and O–H groups in total. The number of nitro benzene ring substituents is 1. The molecule has 2 aromatic rings. The Bertz CT molecular complexity index is 588. The van der Waals surface area contributed by atoms with Gasteiger partial charge in [0.15, 0.2) is 0 Å². The second kappa shape index (κ2) is 5.69. The number of benzene rings is 1. The highest BCUT2D eigenvalue weighted by Crippen LogP contribution is 2.33. The maximum absolute atomic E-state index is 10.9. The zero-order valence-corrected chi connectivity index (χ0v) is 12.2. The molecule has 18 heavy (non-hydrogen) atoms. The minimum atomic E-state index is -0.477. The Morgan fingerprint density at radius 1 is 1.39 bits per heavy atom. The number of hydrogen-bond acceptors (Lipinski definition) is 4. The van der Waals surface area contributed by atoms with Gasteiger partial charge in [0.2, 0.25) is 0 Å². The van der Waals surface area contributed by atoms with E-state index in [0.717, 1.165) is 8.66 Å². The van der Waals surface area contributed by atoms with Gasteiger partial charge >= 0.3 is 5.69 Å². The van der Waals surface area contributed by atoms with Crippen LogP contribution in [0.2, 0.25) is 5.02 Å². The van der Waals surface area contributed by atoms with Gasteiger partial charge in [-0.25, -0.2) is 0 Å². The Kier molecular flexibility index (Phi) is 4.21. The van der Waals surface area contributed by atoms with Crippen LogP contribution in [0.25, 0.3) is 0 Å². The fourth-order valence-electron chi connectivity index (χ4n) is 1.47. The number of para-hydroxylation sites is 1. The summed E-state index contributed by atoms with van der Waals surface area (Å²) in [6.07, 6.45) is 0. The molecule has 0 aliphatic rings. The summed E-state index contributed by atoms with van der Waals surface area (Å²) in [6, 6.07) is 8.73. The van der Waals surface area contributed by atoms with Crippen molar-refractivity contribution >= 4 is 50.2 Å². The fraction of sp³-hybridized carbons (Fsp3) is 0.0909. The van der Waals surface area contributed by atoms with Crippen LogP contribution in [0, 0.1) is 10.1 Å². The number of nitrogens with one attached hydrogen (secondary N) is 1. The van der Waals surface area contributed by atoms with E-state index < -0.39 is 4.92 Å². The topological polar surface area (TPSA) is 55.2 Å². The zero-order chi connectivity index (χ0) is 13.1. The van der Waals surface area contributed by atoms with Crippen molar-refractivity contribution < 1.29 is 4.92 Å². The Morgan fingerprint density at radius 2 is 2.17 bits per heavy atom. The molecule has 4 nitrogen and oxygen atoms in total. The molecule has 0 spiro atoms.